The molecule has 1 aliphatic rings. The van der Waals surface area contributed by atoms with Crippen molar-refractivity contribution in [1.82, 2.24) is 4.72 Å². The summed E-state index contributed by atoms with van der Waals surface area (Å²) in [7, 11) is -4.22. The van der Waals surface area contributed by atoms with Gasteiger partial charge >= 0.3 is 5.69 Å². The maximum Gasteiger partial charge on any atom is 0.324 e. The third kappa shape index (κ3) is 4.37. The maximum atomic E-state index is 13.6. The summed E-state index contributed by atoms with van der Waals surface area (Å²) in [5, 5.41) is 10.9. The van der Waals surface area contributed by atoms with Gasteiger partial charge in [-0.3, -0.25) is 10.1 Å². The van der Waals surface area contributed by atoms with Gasteiger partial charge in [0.25, 0.3) is 0 Å². The number of nitro groups is 1. The first-order chi connectivity index (χ1) is 10.4. The molecule has 130 valence electrons. The van der Waals surface area contributed by atoms with Crippen LogP contribution in [0.4, 0.5) is 10.1 Å². The molecule has 3 N–H and O–H groups in total. The number of para-hydroxylation sites is 1. The Labute approximate surface area is 140 Å². The van der Waals surface area contributed by atoms with Crippen LogP contribution in [0.25, 0.3) is 0 Å². The van der Waals surface area contributed by atoms with Crippen LogP contribution < -0.4 is 10.5 Å². The van der Waals surface area contributed by atoms with Gasteiger partial charge in [-0.25, -0.2) is 13.1 Å². The van der Waals surface area contributed by atoms with Crippen LogP contribution in [-0.2, 0) is 10.0 Å². The van der Waals surface area contributed by atoms with Crippen molar-refractivity contribution in [3.8, 4) is 0 Å². The van der Waals surface area contributed by atoms with Crippen molar-refractivity contribution in [3.05, 3.63) is 34.1 Å². The molecule has 1 aromatic rings. The van der Waals surface area contributed by atoms with Crippen molar-refractivity contribution in [1.29, 1.82) is 0 Å². The van der Waals surface area contributed by atoms with Gasteiger partial charge in [-0.1, -0.05) is 18.9 Å². The normalized spacial score (nSPS) is 16.8. The van der Waals surface area contributed by atoms with Gasteiger partial charge in [0.15, 0.2) is 4.90 Å². The molecule has 1 saturated carbocycles. The monoisotopic (exact) mass is 367 g/mol. The van der Waals surface area contributed by atoms with E-state index in [0.29, 0.717) is 0 Å². The van der Waals surface area contributed by atoms with E-state index in [2.05, 4.69) is 4.72 Å². The lowest BCUT2D eigenvalue weighted by atomic mass is 9.99. The van der Waals surface area contributed by atoms with Crippen LogP contribution in [0.5, 0.6) is 0 Å². The van der Waals surface area contributed by atoms with Crippen molar-refractivity contribution < 1.29 is 17.7 Å². The summed E-state index contributed by atoms with van der Waals surface area (Å²) in [6.45, 7) is 0.0903. The van der Waals surface area contributed by atoms with E-state index in [1.807, 2.05) is 0 Å². The minimum atomic E-state index is -4.22. The van der Waals surface area contributed by atoms with Gasteiger partial charge in [0.1, 0.15) is 0 Å². The number of hydrogen-bond acceptors (Lipinski definition) is 5. The number of nitro benzene ring substituents is 1. The van der Waals surface area contributed by atoms with E-state index in [1.165, 1.54) is 0 Å². The van der Waals surface area contributed by atoms with Crippen LogP contribution in [-0.4, -0.2) is 25.9 Å². The van der Waals surface area contributed by atoms with Gasteiger partial charge in [0, 0.05) is 12.6 Å². The van der Waals surface area contributed by atoms with Crippen LogP contribution in [0.2, 0.25) is 0 Å². The highest BCUT2D eigenvalue weighted by Crippen LogP contribution is 2.30. The van der Waals surface area contributed by atoms with Crippen molar-refractivity contribution >= 4 is 28.1 Å². The molecule has 1 aromatic carbocycles. The molecule has 7 nitrogen and oxygen atoms in total. The fourth-order valence-corrected chi connectivity index (χ4v) is 4.35. The summed E-state index contributed by atoms with van der Waals surface area (Å²) in [5.41, 5.74) is 4.59. The van der Waals surface area contributed by atoms with E-state index in [0.717, 1.165) is 43.9 Å². The molecular formula is C13H19ClFN3O4S. The smallest absolute Gasteiger partial charge is 0.324 e. The first-order valence-corrected chi connectivity index (χ1v) is 8.50. The Bertz CT molecular complexity index is 665. The van der Waals surface area contributed by atoms with Crippen molar-refractivity contribution in [2.24, 2.45) is 11.7 Å². The molecule has 0 aromatic heterocycles. The first-order valence-electron chi connectivity index (χ1n) is 7.02. The van der Waals surface area contributed by atoms with E-state index in [-0.39, 0.29) is 24.9 Å². The van der Waals surface area contributed by atoms with Gasteiger partial charge in [0.05, 0.1) is 4.92 Å². The van der Waals surface area contributed by atoms with Gasteiger partial charge in [0.2, 0.25) is 15.8 Å². The molecule has 2 rings (SSSR count). The van der Waals surface area contributed by atoms with Crippen molar-refractivity contribution in [2.45, 2.75) is 36.6 Å². The highest BCUT2D eigenvalue weighted by atomic mass is 35.5. The largest absolute Gasteiger partial charge is 0.329 e. The summed E-state index contributed by atoms with van der Waals surface area (Å²) in [6, 6.07) is 2.50. The summed E-state index contributed by atoms with van der Waals surface area (Å²) in [5.74, 6) is -1.08. The molecule has 0 aliphatic heterocycles. The van der Waals surface area contributed by atoms with E-state index in [4.69, 9.17) is 5.73 Å². The quantitative estimate of drug-likeness (QED) is 0.589. The molecule has 1 aliphatic carbocycles. The molecule has 1 unspecified atom stereocenters. The summed E-state index contributed by atoms with van der Waals surface area (Å²) in [4.78, 5) is 9.25. The van der Waals surface area contributed by atoms with Crippen molar-refractivity contribution in [2.75, 3.05) is 6.54 Å². The Morgan fingerprint density at radius 1 is 1.39 bits per heavy atom. The number of hydrogen-bond donors (Lipinski definition) is 2. The second kappa shape index (κ2) is 8.00. The molecule has 1 fully saturated rings. The number of rotatable bonds is 6. The minimum absolute atomic E-state index is 0. The number of nitrogens with two attached hydrogens (primary N) is 1. The van der Waals surface area contributed by atoms with E-state index < -0.39 is 37.4 Å². The zero-order valence-corrected chi connectivity index (χ0v) is 13.9. The number of halogens is 2. The zero-order valence-electron chi connectivity index (χ0n) is 12.3. The Hall–Kier alpha value is -1.29. The standard InChI is InChI=1S/C13H18FN3O4S.ClH/c14-10-6-3-7-12(13(10)17(18)19)22(20,21)16-11(8-15)9-4-1-2-5-9;/h3,6-7,9,11,16H,1-2,4-5,8,15H2;1H. The number of nitrogens with one attached hydrogen (secondary N) is 1. The van der Waals surface area contributed by atoms with Crippen LogP contribution in [0.15, 0.2) is 23.1 Å². The van der Waals surface area contributed by atoms with Crippen LogP contribution in [0, 0.1) is 21.8 Å². The second-order valence-corrected chi connectivity index (χ2v) is 7.03. The SMILES string of the molecule is Cl.NCC(NS(=O)(=O)c1cccc(F)c1[N+](=O)[O-])C1CCCC1. The van der Waals surface area contributed by atoms with Gasteiger partial charge in [-0.2, -0.15) is 4.39 Å². The van der Waals surface area contributed by atoms with Crippen LogP contribution >= 0.6 is 12.4 Å². The molecule has 0 saturated heterocycles. The number of sulfonamides is 1. The average molecular weight is 368 g/mol. The second-order valence-electron chi connectivity index (χ2n) is 5.35. The Morgan fingerprint density at radius 2 is 2.00 bits per heavy atom. The third-order valence-electron chi connectivity index (χ3n) is 3.95. The maximum absolute atomic E-state index is 13.6. The number of benzene rings is 1. The predicted octanol–water partition coefficient (Wildman–Crippen LogP) is 1.95. The molecular weight excluding hydrogens is 349 g/mol. The predicted molar refractivity (Wildman–Crippen MR) is 85.4 cm³/mol. The first kappa shape index (κ1) is 19.8. The molecule has 10 heteroatoms. The lowest BCUT2D eigenvalue weighted by Gasteiger charge is -2.22. The van der Waals surface area contributed by atoms with E-state index in [9.17, 15) is 22.9 Å². The van der Waals surface area contributed by atoms with Crippen LogP contribution in [0.1, 0.15) is 25.7 Å². The van der Waals surface area contributed by atoms with E-state index in [1.54, 1.807) is 0 Å². The molecule has 0 heterocycles. The summed E-state index contributed by atoms with van der Waals surface area (Å²) in [6.07, 6.45) is 3.72. The fourth-order valence-electron chi connectivity index (χ4n) is 2.85. The van der Waals surface area contributed by atoms with E-state index >= 15 is 0 Å². The van der Waals surface area contributed by atoms with Crippen molar-refractivity contribution in [3.63, 3.8) is 0 Å². The Kier molecular flexibility index (Phi) is 6.87. The Morgan fingerprint density at radius 3 is 2.52 bits per heavy atom. The van der Waals surface area contributed by atoms with Gasteiger partial charge in [-0.15, -0.1) is 12.4 Å². The van der Waals surface area contributed by atoms with Gasteiger partial charge < -0.3 is 5.73 Å². The summed E-state index contributed by atoms with van der Waals surface area (Å²) < 4.78 is 40.8. The highest BCUT2D eigenvalue weighted by molar-refractivity contribution is 7.89. The molecule has 0 spiro atoms. The molecule has 0 radical (unpaired) electrons. The molecule has 0 bridgehead atoms. The lowest BCUT2D eigenvalue weighted by molar-refractivity contribution is -0.390. The molecule has 0 amide bonds. The third-order valence-corrected chi connectivity index (χ3v) is 5.47. The average Bonchev–Trinajstić information content (AvgIpc) is 2.98. The fraction of sp³-hybridized carbons (Fsp3) is 0.538. The highest BCUT2D eigenvalue weighted by Gasteiger charge is 2.33. The Balaban J connectivity index is 0.00000264. The zero-order chi connectivity index (χ0) is 16.3. The number of nitrogens with zero attached hydrogens (tertiary/aromatic N) is 1. The lowest BCUT2D eigenvalue weighted by Crippen LogP contribution is -2.44. The minimum Gasteiger partial charge on any atom is -0.329 e. The molecule has 23 heavy (non-hydrogen) atoms. The topological polar surface area (TPSA) is 115 Å². The van der Waals surface area contributed by atoms with Crippen LogP contribution in [0.3, 0.4) is 0 Å². The van der Waals surface area contributed by atoms with Gasteiger partial charge in [-0.05, 0) is 30.9 Å². The molecule has 1 atom stereocenters. The summed E-state index contributed by atoms with van der Waals surface area (Å²) >= 11 is 0.